The molecule has 36 heavy (non-hydrogen) atoms. The molecule has 0 saturated carbocycles. The summed E-state index contributed by atoms with van der Waals surface area (Å²) in [4.78, 5) is 0. The van der Waals surface area contributed by atoms with Crippen molar-refractivity contribution in [1.82, 2.24) is 0 Å². The van der Waals surface area contributed by atoms with Crippen LogP contribution in [0.5, 0.6) is 5.75 Å². The summed E-state index contributed by atoms with van der Waals surface area (Å²) in [5.74, 6) is 1.74. The molecule has 0 unspecified atom stereocenters. The Hall–Kier alpha value is -2.35. The van der Waals surface area contributed by atoms with Crippen LogP contribution < -0.4 is 4.74 Å². The van der Waals surface area contributed by atoms with Crippen LogP contribution in [0, 0.1) is 0 Å². The van der Waals surface area contributed by atoms with E-state index in [1.165, 1.54) is 0 Å². The first-order chi connectivity index (χ1) is 17.7. The summed E-state index contributed by atoms with van der Waals surface area (Å²) >= 11 is 1.74. The van der Waals surface area contributed by atoms with Crippen molar-refractivity contribution < 1.29 is 23.7 Å². The molecule has 4 rings (SSSR count). The quantitative estimate of drug-likeness (QED) is 0.288. The van der Waals surface area contributed by atoms with Crippen molar-refractivity contribution in [2.75, 3.05) is 12.9 Å². The molecule has 5 nitrogen and oxygen atoms in total. The van der Waals surface area contributed by atoms with Gasteiger partial charge in [0, 0.05) is 0 Å². The smallest absolute Gasteiger partial charge is 0.132 e. The number of methoxy groups -OCH3 is 1. The topological polar surface area (TPSA) is 46.2 Å². The molecule has 3 aromatic carbocycles. The van der Waals surface area contributed by atoms with Crippen LogP contribution >= 0.6 is 11.8 Å². The van der Waals surface area contributed by atoms with Gasteiger partial charge in [-0.25, -0.2) is 0 Å². The predicted molar refractivity (Wildman–Crippen MR) is 144 cm³/mol. The van der Waals surface area contributed by atoms with Crippen LogP contribution in [-0.2, 0) is 38.8 Å². The maximum absolute atomic E-state index is 6.59. The minimum absolute atomic E-state index is 0.139. The normalized spacial score (nSPS) is 23.9. The van der Waals surface area contributed by atoms with Crippen LogP contribution in [0.15, 0.2) is 84.9 Å². The molecule has 6 heteroatoms. The second-order valence-corrected chi connectivity index (χ2v) is 10.2. The van der Waals surface area contributed by atoms with Gasteiger partial charge < -0.3 is 23.7 Å². The van der Waals surface area contributed by atoms with Gasteiger partial charge in [0.25, 0.3) is 0 Å². The molecule has 0 aromatic heterocycles. The Labute approximate surface area is 219 Å². The largest absolute Gasteiger partial charge is 0.497 e. The molecular formula is C30H36O5S. The van der Waals surface area contributed by atoms with Crippen molar-refractivity contribution in [2.45, 2.75) is 63.5 Å². The standard InChI is InChI=1S/C30H36O5S/c1-4-36-30-29(34-21-25-15-17-26(31-3)18-16-25)28(33-20-24-13-9-6-10-14-24)27(22(2)35-30)32-19-23-11-7-5-8-12-23/h5-18,22,27-30H,4,19-21H2,1-3H3/t22-,27-,28+,29+,30-/m0/s1. The molecule has 0 N–H and O–H groups in total. The Morgan fingerprint density at radius 3 is 1.69 bits per heavy atom. The Morgan fingerprint density at radius 1 is 0.667 bits per heavy atom. The van der Waals surface area contributed by atoms with E-state index in [0.29, 0.717) is 19.8 Å². The number of benzene rings is 3. The SMILES string of the molecule is CCS[C@@H]1O[C@@H](C)[C@H](OCc2ccccc2)[C@@H](OCc2ccccc2)[C@H]1OCc1ccc(OC)cc1. The molecule has 0 aliphatic carbocycles. The van der Waals surface area contributed by atoms with Gasteiger partial charge >= 0.3 is 0 Å². The van der Waals surface area contributed by atoms with E-state index in [1.807, 2.05) is 60.7 Å². The summed E-state index contributed by atoms with van der Waals surface area (Å²) in [5.41, 5.74) is 3.15. The third-order valence-corrected chi connectivity index (χ3v) is 7.27. The zero-order valence-corrected chi connectivity index (χ0v) is 22.1. The van der Waals surface area contributed by atoms with Crippen molar-refractivity contribution in [3.8, 4) is 5.75 Å². The lowest BCUT2D eigenvalue weighted by Crippen LogP contribution is -2.58. The Balaban J connectivity index is 1.54. The van der Waals surface area contributed by atoms with E-state index in [0.717, 1.165) is 28.2 Å². The molecule has 1 aliphatic heterocycles. The lowest BCUT2D eigenvalue weighted by molar-refractivity contribution is -0.242. The van der Waals surface area contributed by atoms with Gasteiger partial charge in [-0.3, -0.25) is 0 Å². The molecule has 1 saturated heterocycles. The second kappa shape index (κ2) is 13.8. The first-order valence-electron chi connectivity index (χ1n) is 12.5. The van der Waals surface area contributed by atoms with Crippen molar-refractivity contribution in [2.24, 2.45) is 0 Å². The first-order valence-corrected chi connectivity index (χ1v) is 13.6. The maximum atomic E-state index is 6.59. The summed E-state index contributed by atoms with van der Waals surface area (Å²) in [6.45, 7) is 5.62. The summed E-state index contributed by atoms with van der Waals surface area (Å²) in [6.07, 6.45) is -0.999. The van der Waals surface area contributed by atoms with Crippen LogP contribution in [0.3, 0.4) is 0 Å². The fourth-order valence-corrected chi connectivity index (χ4v) is 5.32. The molecule has 0 spiro atoms. The molecule has 1 fully saturated rings. The monoisotopic (exact) mass is 508 g/mol. The van der Waals surface area contributed by atoms with Crippen LogP contribution in [0.2, 0.25) is 0 Å². The lowest BCUT2D eigenvalue weighted by atomic mass is 9.99. The van der Waals surface area contributed by atoms with Crippen LogP contribution in [-0.4, -0.2) is 42.7 Å². The highest BCUT2D eigenvalue weighted by molar-refractivity contribution is 7.99. The predicted octanol–water partition coefficient (Wildman–Crippen LogP) is 6.25. The molecule has 192 valence electrons. The molecule has 5 atom stereocenters. The summed E-state index contributed by atoms with van der Waals surface area (Å²) in [6, 6.07) is 28.4. The van der Waals surface area contributed by atoms with E-state index in [-0.39, 0.29) is 29.9 Å². The van der Waals surface area contributed by atoms with Gasteiger partial charge in [0.1, 0.15) is 29.5 Å². The van der Waals surface area contributed by atoms with Gasteiger partial charge in [0.05, 0.1) is 33.0 Å². The molecule has 3 aromatic rings. The highest BCUT2D eigenvalue weighted by atomic mass is 32.2. The van der Waals surface area contributed by atoms with E-state index in [2.05, 4.69) is 38.1 Å². The zero-order chi connectivity index (χ0) is 25.2. The number of thioether (sulfide) groups is 1. The van der Waals surface area contributed by atoms with Crippen LogP contribution in [0.25, 0.3) is 0 Å². The molecule has 1 heterocycles. The number of rotatable bonds is 12. The highest BCUT2D eigenvalue weighted by Gasteiger charge is 2.46. The zero-order valence-electron chi connectivity index (χ0n) is 21.2. The van der Waals surface area contributed by atoms with E-state index in [4.69, 9.17) is 23.7 Å². The van der Waals surface area contributed by atoms with E-state index >= 15 is 0 Å². The fourth-order valence-electron chi connectivity index (χ4n) is 4.31. The summed E-state index contributed by atoms with van der Waals surface area (Å²) in [5, 5.41) is 0. The Kier molecular flexibility index (Phi) is 10.3. The Bertz CT molecular complexity index is 1010. The molecule has 0 amide bonds. The van der Waals surface area contributed by atoms with Gasteiger partial charge in [-0.2, -0.15) is 0 Å². The number of ether oxygens (including phenoxy) is 5. The molecule has 0 bridgehead atoms. The van der Waals surface area contributed by atoms with Gasteiger partial charge in [0.2, 0.25) is 0 Å². The highest BCUT2D eigenvalue weighted by Crippen LogP contribution is 2.35. The minimum Gasteiger partial charge on any atom is -0.497 e. The molecule has 1 aliphatic rings. The summed E-state index contributed by atoms with van der Waals surface area (Å²) in [7, 11) is 1.67. The third-order valence-electron chi connectivity index (χ3n) is 6.23. The fraction of sp³-hybridized carbons (Fsp3) is 0.400. The van der Waals surface area contributed by atoms with Gasteiger partial charge in [0.15, 0.2) is 0 Å². The van der Waals surface area contributed by atoms with E-state index in [1.54, 1.807) is 18.9 Å². The maximum Gasteiger partial charge on any atom is 0.132 e. The van der Waals surface area contributed by atoms with E-state index in [9.17, 15) is 0 Å². The van der Waals surface area contributed by atoms with Gasteiger partial charge in [-0.1, -0.05) is 79.7 Å². The number of hydrogen-bond donors (Lipinski definition) is 0. The van der Waals surface area contributed by atoms with Crippen molar-refractivity contribution in [3.05, 3.63) is 102 Å². The number of hydrogen-bond acceptors (Lipinski definition) is 6. The van der Waals surface area contributed by atoms with Crippen molar-refractivity contribution in [1.29, 1.82) is 0 Å². The first kappa shape index (κ1) is 26.7. The molecule has 0 radical (unpaired) electrons. The third kappa shape index (κ3) is 7.34. The summed E-state index contributed by atoms with van der Waals surface area (Å²) < 4.78 is 31.4. The van der Waals surface area contributed by atoms with Crippen LogP contribution in [0.1, 0.15) is 30.5 Å². The minimum atomic E-state index is -0.294. The van der Waals surface area contributed by atoms with Crippen molar-refractivity contribution >= 4 is 11.8 Å². The van der Waals surface area contributed by atoms with Crippen LogP contribution in [0.4, 0.5) is 0 Å². The Morgan fingerprint density at radius 2 is 1.17 bits per heavy atom. The average Bonchev–Trinajstić information content (AvgIpc) is 2.92. The molecular weight excluding hydrogens is 472 g/mol. The van der Waals surface area contributed by atoms with Gasteiger partial charge in [-0.05, 0) is 41.5 Å². The second-order valence-electron chi connectivity index (χ2n) is 8.81. The van der Waals surface area contributed by atoms with E-state index < -0.39 is 0 Å². The van der Waals surface area contributed by atoms with Gasteiger partial charge in [-0.15, -0.1) is 11.8 Å². The average molecular weight is 509 g/mol. The lowest BCUT2D eigenvalue weighted by Gasteiger charge is -2.45. The van der Waals surface area contributed by atoms with Crippen molar-refractivity contribution in [3.63, 3.8) is 0 Å².